The van der Waals surface area contributed by atoms with Crippen molar-refractivity contribution in [3.8, 4) is 0 Å². The Morgan fingerprint density at radius 1 is 0.960 bits per heavy atom. The van der Waals surface area contributed by atoms with Crippen molar-refractivity contribution in [3.63, 3.8) is 0 Å². The molecule has 8 nitrogen and oxygen atoms in total. The number of carbonyl (C=O) groups is 1. The minimum absolute atomic E-state index is 0.0514. The van der Waals surface area contributed by atoms with Crippen LogP contribution in [0.1, 0.15) is 19.3 Å². The summed E-state index contributed by atoms with van der Waals surface area (Å²) >= 11 is 0. The highest BCUT2D eigenvalue weighted by molar-refractivity contribution is 7.90. The van der Waals surface area contributed by atoms with Crippen LogP contribution in [-0.2, 0) is 24.8 Å². The highest BCUT2D eigenvalue weighted by Crippen LogP contribution is 2.27. The van der Waals surface area contributed by atoms with Crippen molar-refractivity contribution in [1.82, 2.24) is 8.61 Å². The predicted octanol–water partition coefficient (Wildman–Crippen LogP) is 0.566. The van der Waals surface area contributed by atoms with Crippen LogP contribution in [-0.4, -0.2) is 62.7 Å². The summed E-state index contributed by atoms with van der Waals surface area (Å²) in [5.74, 6) is -1.76. The summed E-state index contributed by atoms with van der Waals surface area (Å²) in [5, 5.41) is 9.03. The van der Waals surface area contributed by atoms with Gasteiger partial charge in [-0.2, -0.15) is 8.61 Å². The quantitative estimate of drug-likeness (QED) is 0.789. The van der Waals surface area contributed by atoms with Gasteiger partial charge in [-0.25, -0.2) is 16.8 Å². The third kappa shape index (κ3) is 3.43. The highest BCUT2D eigenvalue weighted by atomic mass is 32.2. The van der Waals surface area contributed by atoms with E-state index in [4.69, 9.17) is 5.11 Å². The maximum Gasteiger partial charge on any atom is 0.307 e. The zero-order chi connectivity index (χ0) is 18.2. The van der Waals surface area contributed by atoms with Gasteiger partial charge in [-0.1, -0.05) is 6.07 Å². The molecule has 2 fully saturated rings. The molecule has 1 aromatic carbocycles. The molecular weight excluding hydrogens is 368 g/mol. The fourth-order valence-electron chi connectivity index (χ4n) is 3.17. The summed E-state index contributed by atoms with van der Waals surface area (Å²) in [6.45, 7) is 0.890. The number of sulfonamides is 2. The summed E-state index contributed by atoms with van der Waals surface area (Å²) in [6.07, 6.45) is 1.84. The van der Waals surface area contributed by atoms with E-state index < -0.39 is 31.9 Å². The molecule has 1 unspecified atom stereocenters. The Balaban J connectivity index is 1.90. The van der Waals surface area contributed by atoms with Crippen molar-refractivity contribution in [3.05, 3.63) is 24.3 Å². The first kappa shape index (κ1) is 18.3. The lowest BCUT2D eigenvalue weighted by Crippen LogP contribution is -2.31. The van der Waals surface area contributed by atoms with Gasteiger partial charge in [0.15, 0.2) is 0 Å². The first-order valence-electron chi connectivity index (χ1n) is 8.06. The highest BCUT2D eigenvalue weighted by Gasteiger charge is 2.36. The number of nitrogens with zero attached hydrogens (tertiary/aromatic N) is 2. The van der Waals surface area contributed by atoms with Gasteiger partial charge in [0.25, 0.3) is 0 Å². The van der Waals surface area contributed by atoms with Gasteiger partial charge >= 0.3 is 5.97 Å². The van der Waals surface area contributed by atoms with Gasteiger partial charge in [-0.3, -0.25) is 4.79 Å². The molecule has 25 heavy (non-hydrogen) atoms. The fraction of sp³-hybridized carbons (Fsp3) is 0.533. The molecule has 2 heterocycles. The lowest BCUT2D eigenvalue weighted by molar-refractivity contribution is -0.141. The predicted molar refractivity (Wildman–Crippen MR) is 88.9 cm³/mol. The Morgan fingerprint density at radius 2 is 1.52 bits per heavy atom. The molecule has 0 aliphatic carbocycles. The van der Waals surface area contributed by atoms with Crippen molar-refractivity contribution < 1.29 is 26.7 Å². The number of benzene rings is 1. The van der Waals surface area contributed by atoms with Gasteiger partial charge in [0.05, 0.1) is 15.7 Å². The molecule has 1 atom stereocenters. The molecule has 0 bridgehead atoms. The number of carboxylic acids is 1. The minimum atomic E-state index is -3.92. The van der Waals surface area contributed by atoms with Crippen LogP contribution < -0.4 is 0 Å². The zero-order valence-corrected chi connectivity index (χ0v) is 15.2. The summed E-state index contributed by atoms with van der Waals surface area (Å²) in [7, 11) is -7.64. The fourth-order valence-corrected chi connectivity index (χ4v) is 6.35. The Bertz CT molecular complexity index is 875. The van der Waals surface area contributed by atoms with Gasteiger partial charge in [-0.05, 0) is 37.5 Å². The van der Waals surface area contributed by atoms with E-state index in [2.05, 4.69) is 0 Å². The second-order valence-electron chi connectivity index (χ2n) is 6.27. The van der Waals surface area contributed by atoms with E-state index in [9.17, 15) is 21.6 Å². The number of carboxylic acid groups (broad SMARTS) is 1. The zero-order valence-electron chi connectivity index (χ0n) is 13.5. The molecule has 138 valence electrons. The lowest BCUT2D eigenvalue weighted by Gasteiger charge is -2.18. The molecule has 2 saturated heterocycles. The topological polar surface area (TPSA) is 112 Å². The molecule has 2 aliphatic rings. The Hall–Kier alpha value is -1.49. The van der Waals surface area contributed by atoms with E-state index in [1.165, 1.54) is 22.5 Å². The smallest absolute Gasteiger partial charge is 0.307 e. The Kier molecular flexibility index (Phi) is 4.89. The van der Waals surface area contributed by atoms with Crippen LogP contribution in [0.2, 0.25) is 0 Å². The van der Waals surface area contributed by atoms with E-state index in [0.29, 0.717) is 13.1 Å². The van der Waals surface area contributed by atoms with Crippen molar-refractivity contribution in [2.45, 2.75) is 29.1 Å². The molecule has 2 aliphatic heterocycles. The van der Waals surface area contributed by atoms with Crippen LogP contribution in [0.15, 0.2) is 34.1 Å². The molecular formula is C15H20N2O6S2. The summed E-state index contributed by atoms with van der Waals surface area (Å²) in [4.78, 5) is 10.9. The number of rotatable bonds is 5. The standard InChI is InChI=1S/C15H20N2O6S2/c18-15(19)12-6-9-17(11-12)25(22,23)14-5-3-4-13(10-14)24(20,21)16-7-1-2-8-16/h3-5,10,12H,1-2,6-9,11H2,(H,18,19). The van der Waals surface area contributed by atoms with Gasteiger partial charge in [0.2, 0.25) is 20.0 Å². The SMILES string of the molecule is O=C(O)C1CCN(S(=O)(=O)c2cccc(S(=O)(=O)N3CCCC3)c2)C1. The van der Waals surface area contributed by atoms with Crippen LogP contribution >= 0.6 is 0 Å². The third-order valence-electron chi connectivity index (χ3n) is 4.65. The second-order valence-corrected chi connectivity index (χ2v) is 10.1. The van der Waals surface area contributed by atoms with E-state index in [0.717, 1.165) is 23.2 Å². The normalized spacial score (nSPS) is 23.1. The molecule has 0 saturated carbocycles. The maximum atomic E-state index is 12.7. The van der Waals surface area contributed by atoms with Gasteiger partial charge in [0.1, 0.15) is 0 Å². The van der Waals surface area contributed by atoms with Gasteiger partial charge in [0, 0.05) is 26.2 Å². The van der Waals surface area contributed by atoms with E-state index >= 15 is 0 Å². The molecule has 0 spiro atoms. The van der Waals surface area contributed by atoms with Gasteiger partial charge in [-0.15, -0.1) is 0 Å². The van der Waals surface area contributed by atoms with Crippen molar-refractivity contribution in [2.75, 3.05) is 26.2 Å². The molecule has 0 amide bonds. The van der Waals surface area contributed by atoms with Gasteiger partial charge < -0.3 is 5.11 Å². The largest absolute Gasteiger partial charge is 0.481 e. The van der Waals surface area contributed by atoms with Crippen LogP contribution in [0.3, 0.4) is 0 Å². The molecule has 0 radical (unpaired) electrons. The molecule has 1 N–H and O–H groups in total. The minimum Gasteiger partial charge on any atom is -0.481 e. The molecule has 0 aromatic heterocycles. The first-order valence-corrected chi connectivity index (χ1v) is 10.9. The van der Waals surface area contributed by atoms with Crippen LogP contribution in [0, 0.1) is 5.92 Å². The van der Waals surface area contributed by atoms with Crippen LogP contribution in [0.4, 0.5) is 0 Å². The van der Waals surface area contributed by atoms with Crippen LogP contribution in [0.5, 0.6) is 0 Å². The van der Waals surface area contributed by atoms with Crippen molar-refractivity contribution in [2.24, 2.45) is 5.92 Å². The van der Waals surface area contributed by atoms with Crippen molar-refractivity contribution in [1.29, 1.82) is 0 Å². The third-order valence-corrected chi connectivity index (χ3v) is 8.40. The Labute approximate surface area is 147 Å². The van der Waals surface area contributed by atoms with E-state index in [1.807, 2.05) is 0 Å². The number of aliphatic carboxylic acids is 1. The number of hydrogen-bond donors (Lipinski definition) is 1. The summed E-state index contributed by atoms with van der Waals surface area (Å²) < 4.78 is 53.1. The maximum absolute atomic E-state index is 12.7. The summed E-state index contributed by atoms with van der Waals surface area (Å²) in [5.41, 5.74) is 0. The summed E-state index contributed by atoms with van der Waals surface area (Å²) in [6, 6.07) is 5.29. The average Bonchev–Trinajstić information content (AvgIpc) is 3.27. The average molecular weight is 388 g/mol. The van der Waals surface area contributed by atoms with E-state index in [-0.39, 0.29) is 29.3 Å². The molecule has 3 rings (SSSR count). The van der Waals surface area contributed by atoms with Crippen molar-refractivity contribution >= 4 is 26.0 Å². The van der Waals surface area contributed by atoms with Crippen LogP contribution in [0.25, 0.3) is 0 Å². The lowest BCUT2D eigenvalue weighted by atomic mass is 10.1. The molecule has 10 heteroatoms. The number of hydrogen-bond acceptors (Lipinski definition) is 5. The monoisotopic (exact) mass is 388 g/mol. The first-order chi connectivity index (χ1) is 11.7. The van der Waals surface area contributed by atoms with E-state index in [1.54, 1.807) is 0 Å². The Morgan fingerprint density at radius 3 is 2.04 bits per heavy atom. The second kappa shape index (κ2) is 6.67. The molecule has 1 aromatic rings.